The predicted molar refractivity (Wildman–Crippen MR) is 73.0 cm³/mol. The highest BCUT2D eigenvalue weighted by molar-refractivity contribution is 7.16. The number of nitrogens with zero attached hydrogens (tertiary/aromatic N) is 3. The number of nitrogens with two attached hydrogens (primary N) is 2. The normalized spacial score (nSPS) is 19.8. The third-order valence-electron chi connectivity index (χ3n) is 3.05. The Hall–Kier alpha value is -1.93. The van der Waals surface area contributed by atoms with Gasteiger partial charge in [-0.2, -0.15) is 4.98 Å². The van der Waals surface area contributed by atoms with Gasteiger partial charge in [-0.25, -0.2) is 4.98 Å². The average molecular weight is 279 g/mol. The van der Waals surface area contributed by atoms with E-state index in [0.29, 0.717) is 19.0 Å². The van der Waals surface area contributed by atoms with E-state index in [-0.39, 0.29) is 12.6 Å². The Morgan fingerprint density at radius 1 is 1.53 bits per heavy atom. The zero-order chi connectivity index (χ0) is 13.4. The van der Waals surface area contributed by atoms with E-state index >= 15 is 0 Å². The first-order chi connectivity index (χ1) is 9.16. The van der Waals surface area contributed by atoms with Crippen LogP contribution < -0.4 is 16.4 Å². The molecular weight excluding hydrogens is 266 g/mol. The number of fused-ring (bicyclic) bond motifs is 1. The summed E-state index contributed by atoms with van der Waals surface area (Å²) in [5.74, 6) is 0.413. The van der Waals surface area contributed by atoms with Crippen LogP contribution in [-0.2, 0) is 9.53 Å². The lowest BCUT2D eigenvalue weighted by molar-refractivity contribution is -0.121. The Bertz CT molecular complexity index is 629. The molecule has 1 amide bonds. The molecule has 19 heavy (non-hydrogen) atoms. The smallest absolute Gasteiger partial charge is 0.242 e. The van der Waals surface area contributed by atoms with E-state index in [1.807, 2.05) is 16.3 Å². The summed E-state index contributed by atoms with van der Waals surface area (Å²) < 4.78 is 5.30. The first-order valence-electron chi connectivity index (χ1n) is 5.81. The second kappa shape index (κ2) is 4.63. The number of hydrogen-bond donors (Lipinski definition) is 2. The maximum Gasteiger partial charge on any atom is 0.242 e. The summed E-state index contributed by atoms with van der Waals surface area (Å²) in [6.07, 6.45) is 0. The zero-order valence-electron chi connectivity index (χ0n) is 10.1. The lowest BCUT2D eigenvalue weighted by atomic mass is 10.2. The van der Waals surface area contributed by atoms with Gasteiger partial charge in [0.25, 0.3) is 0 Å². The molecule has 0 aliphatic carbocycles. The van der Waals surface area contributed by atoms with Crippen molar-refractivity contribution in [2.45, 2.75) is 6.04 Å². The van der Waals surface area contributed by atoms with Crippen LogP contribution in [0.5, 0.6) is 0 Å². The Morgan fingerprint density at radius 2 is 2.37 bits per heavy atom. The number of thiophene rings is 1. The molecule has 3 heterocycles. The van der Waals surface area contributed by atoms with Gasteiger partial charge in [0.1, 0.15) is 16.7 Å². The van der Waals surface area contributed by atoms with Crippen LogP contribution in [0.25, 0.3) is 10.2 Å². The number of anilines is 2. The van der Waals surface area contributed by atoms with Crippen LogP contribution in [-0.4, -0.2) is 41.7 Å². The van der Waals surface area contributed by atoms with Crippen molar-refractivity contribution in [3.8, 4) is 0 Å². The Labute approximate surface area is 113 Å². The van der Waals surface area contributed by atoms with E-state index in [1.165, 1.54) is 11.3 Å². The summed E-state index contributed by atoms with van der Waals surface area (Å²) in [5.41, 5.74) is 11.1. The van der Waals surface area contributed by atoms with Crippen molar-refractivity contribution in [3.63, 3.8) is 0 Å². The van der Waals surface area contributed by atoms with Crippen molar-refractivity contribution in [2.24, 2.45) is 5.73 Å². The van der Waals surface area contributed by atoms with Gasteiger partial charge in [-0.1, -0.05) is 0 Å². The van der Waals surface area contributed by atoms with Crippen molar-refractivity contribution in [1.29, 1.82) is 0 Å². The van der Waals surface area contributed by atoms with Crippen molar-refractivity contribution >= 4 is 39.2 Å². The zero-order valence-corrected chi connectivity index (χ0v) is 10.9. The van der Waals surface area contributed by atoms with Crippen molar-refractivity contribution in [2.75, 3.05) is 30.4 Å². The standard InChI is InChI=1S/C11H13N5O2S/c12-8(17)7-5-18-3-2-16(7)9-6-1-4-19-10(6)15-11(13)14-9/h1,4,7H,2-3,5H2,(H2,12,17)(H2,13,14,15). The second-order valence-corrected chi connectivity index (χ2v) is 5.13. The van der Waals surface area contributed by atoms with Crippen molar-refractivity contribution in [1.82, 2.24) is 9.97 Å². The lowest BCUT2D eigenvalue weighted by Crippen LogP contribution is -2.53. The molecule has 0 spiro atoms. The number of ether oxygens (including phenoxy) is 1. The topological polar surface area (TPSA) is 107 Å². The maximum atomic E-state index is 11.5. The molecule has 7 nitrogen and oxygen atoms in total. The van der Waals surface area contributed by atoms with Crippen LogP contribution in [0.1, 0.15) is 0 Å². The largest absolute Gasteiger partial charge is 0.377 e. The van der Waals surface area contributed by atoms with Gasteiger partial charge in [-0.3, -0.25) is 4.79 Å². The van der Waals surface area contributed by atoms with Gasteiger partial charge in [0.15, 0.2) is 0 Å². The molecule has 1 saturated heterocycles. The minimum absolute atomic E-state index is 0.194. The third-order valence-corrected chi connectivity index (χ3v) is 3.86. The van der Waals surface area contributed by atoms with Crippen LogP contribution in [0.2, 0.25) is 0 Å². The summed E-state index contributed by atoms with van der Waals surface area (Å²) in [4.78, 5) is 22.6. The van der Waals surface area contributed by atoms with E-state index in [1.54, 1.807) is 0 Å². The van der Waals surface area contributed by atoms with Crippen LogP contribution in [0, 0.1) is 0 Å². The minimum atomic E-state index is -0.522. The summed E-state index contributed by atoms with van der Waals surface area (Å²) in [6, 6.07) is 1.40. The molecule has 100 valence electrons. The van der Waals surface area contributed by atoms with E-state index in [4.69, 9.17) is 16.2 Å². The number of aromatic nitrogens is 2. The first kappa shape index (κ1) is 12.1. The number of amides is 1. The summed E-state index contributed by atoms with van der Waals surface area (Å²) in [7, 11) is 0. The molecule has 1 fully saturated rings. The molecular formula is C11H13N5O2S. The van der Waals surface area contributed by atoms with Crippen LogP contribution in [0.4, 0.5) is 11.8 Å². The van der Waals surface area contributed by atoms with Crippen molar-refractivity contribution < 1.29 is 9.53 Å². The quantitative estimate of drug-likeness (QED) is 0.799. The maximum absolute atomic E-state index is 11.5. The molecule has 1 unspecified atom stereocenters. The van der Waals surface area contributed by atoms with E-state index in [0.717, 1.165) is 10.2 Å². The molecule has 1 aliphatic heterocycles. The third kappa shape index (κ3) is 2.08. The number of primary amides is 1. The van der Waals surface area contributed by atoms with Gasteiger partial charge < -0.3 is 21.1 Å². The summed E-state index contributed by atoms with van der Waals surface area (Å²) in [5, 5.41) is 2.80. The molecule has 1 aliphatic rings. The van der Waals surface area contributed by atoms with Crippen LogP contribution >= 0.6 is 11.3 Å². The van der Waals surface area contributed by atoms with Crippen molar-refractivity contribution in [3.05, 3.63) is 11.4 Å². The van der Waals surface area contributed by atoms with E-state index < -0.39 is 11.9 Å². The SMILES string of the molecule is NC(=O)C1COCCN1c1nc(N)nc2sccc12. The second-order valence-electron chi connectivity index (χ2n) is 4.23. The van der Waals surface area contributed by atoms with E-state index in [2.05, 4.69) is 9.97 Å². The molecule has 4 N–H and O–H groups in total. The van der Waals surface area contributed by atoms with Gasteiger partial charge in [0.05, 0.1) is 18.6 Å². The summed E-state index contributed by atoms with van der Waals surface area (Å²) in [6.45, 7) is 1.35. The summed E-state index contributed by atoms with van der Waals surface area (Å²) >= 11 is 1.48. The number of carbonyl (C=O) groups excluding carboxylic acids is 1. The van der Waals surface area contributed by atoms with E-state index in [9.17, 15) is 4.79 Å². The Morgan fingerprint density at radius 3 is 3.16 bits per heavy atom. The molecule has 1 atom stereocenters. The molecule has 3 rings (SSSR count). The molecule has 0 saturated carbocycles. The Balaban J connectivity index is 2.11. The molecule has 2 aromatic heterocycles. The number of rotatable bonds is 2. The van der Waals surface area contributed by atoms with Gasteiger partial charge in [-0.05, 0) is 11.4 Å². The number of hydrogen-bond acceptors (Lipinski definition) is 7. The molecule has 0 radical (unpaired) electrons. The monoisotopic (exact) mass is 279 g/mol. The molecule has 2 aromatic rings. The highest BCUT2D eigenvalue weighted by atomic mass is 32.1. The number of nitrogen functional groups attached to an aromatic ring is 1. The highest BCUT2D eigenvalue weighted by Gasteiger charge is 2.30. The van der Waals surface area contributed by atoms with Crippen LogP contribution in [0.15, 0.2) is 11.4 Å². The van der Waals surface area contributed by atoms with Gasteiger partial charge in [0.2, 0.25) is 11.9 Å². The first-order valence-corrected chi connectivity index (χ1v) is 6.69. The fraction of sp³-hybridized carbons (Fsp3) is 0.364. The number of morpholine rings is 1. The van der Waals surface area contributed by atoms with Gasteiger partial charge in [-0.15, -0.1) is 11.3 Å². The molecule has 0 bridgehead atoms. The van der Waals surface area contributed by atoms with Gasteiger partial charge in [0, 0.05) is 6.54 Å². The van der Waals surface area contributed by atoms with Gasteiger partial charge >= 0.3 is 0 Å². The average Bonchev–Trinajstić information content (AvgIpc) is 2.85. The van der Waals surface area contributed by atoms with Crippen LogP contribution in [0.3, 0.4) is 0 Å². The highest BCUT2D eigenvalue weighted by Crippen LogP contribution is 2.30. The molecule has 0 aromatic carbocycles. The Kier molecular flexibility index (Phi) is 2.96. The molecule has 8 heteroatoms. The fourth-order valence-electron chi connectivity index (χ4n) is 2.17. The lowest BCUT2D eigenvalue weighted by Gasteiger charge is -2.34. The fourth-order valence-corrected chi connectivity index (χ4v) is 2.93. The number of carbonyl (C=O) groups is 1. The predicted octanol–water partition coefficient (Wildman–Crippen LogP) is -0.0360. The minimum Gasteiger partial charge on any atom is -0.377 e.